The van der Waals surface area contributed by atoms with Crippen LogP contribution >= 0.6 is 0 Å². The lowest BCUT2D eigenvalue weighted by molar-refractivity contribution is 0.0934. The molecule has 5 nitrogen and oxygen atoms in total. The van der Waals surface area contributed by atoms with Crippen molar-refractivity contribution in [1.29, 1.82) is 0 Å². The van der Waals surface area contributed by atoms with Gasteiger partial charge in [0.15, 0.2) is 0 Å². The third-order valence-corrected chi connectivity index (χ3v) is 4.05. The van der Waals surface area contributed by atoms with E-state index in [1.165, 1.54) is 5.56 Å². The maximum absolute atomic E-state index is 12.3. The Morgan fingerprint density at radius 2 is 1.96 bits per heavy atom. The third-order valence-electron chi connectivity index (χ3n) is 4.05. The van der Waals surface area contributed by atoms with Crippen molar-refractivity contribution in [1.82, 2.24) is 15.3 Å². The Morgan fingerprint density at radius 3 is 2.62 bits per heavy atom. The zero-order valence-electron chi connectivity index (χ0n) is 15.1. The minimum atomic E-state index is -0.168. The molecular formula is C19H26N4O. The van der Waals surface area contributed by atoms with E-state index < -0.39 is 0 Å². The number of amides is 1. The molecule has 0 saturated heterocycles. The number of hydrogen-bond acceptors (Lipinski definition) is 4. The molecule has 24 heavy (non-hydrogen) atoms. The van der Waals surface area contributed by atoms with E-state index in [1.54, 1.807) is 6.07 Å². The molecule has 0 aliphatic rings. The normalized spacial score (nSPS) is 11.9. The van der Waals surface area contributed by atoms with E-state index in [2.05, 4.69) is 33.6 Å². The zero-order chi connectivity index (χ0) is 17.7. The van der Waals surface area contributed by atoms with Crippen LogP contribution in [-0.4, -0.2) is 21.9 Å². The molecule has 1 amide bonds. The largest absolute Gasteiger partial charge is 0.348 e. The van der Waals surface area contributed by atoms with E-state index in [0.717, 1.165) is 29.8 Å². The Labute approximate surface area is 143 Å². The van der Waals surface area contributed by atoms with E-state index in [-0.39, 0.29) is 11.9 Å². The molecule has 1 heterocycles. The Kier molecular flexibility index (Phi) is 5.90. The summed E-state index contributed by atoms with van der Waals surface area (Å²) < 4.78 is 0. The van der Waals surface area contributed by atoms with Gasteiger partial charge in [0.2, 0.25) is 5.95 Å². The van der Waals surface area contributed by atoms with Crippen LogP contribution < -0.4 is 10.6 Å². The average Bonchev–Trinajstić information content (AvgIpc) is 2.56. The second kappa shape index (κ2) is 7.90. The van der Waals surface area contributed by atoms with E-state index in [1.807, 2.05) is 39.8 Å². The number of benzene rings is 1. The summed E-state index contributed by atoms with van der Waals surface area (Å²) in [5.74, 6) is 0.284. The third kappa shape index (κ3) is 4.31. The van der Waals surface area contributed by atoms with Crippen molar-refractivity contribution in [2.75, 3.05) is 5.32 Å². The van der Waals surface area contributed by atoms with Gasteiger partial charge in [-0.2, -0.15) is 0 Å². The molecule has 1 unspecified atom stereocenters. The first-order chi connectivity index (χ1) is 11.4. The zero-order valence-corrected chi connectivity index (χ0v) is 15.1. The standard InChI is InChI=1S/C19H26N4O/c1-6-13(4)20-18(24)16-11-14(5)21-19(22-16)23-17-12(3)9-8-10-15(17)7-2/h8-11,13H,6-7H2,1-5H3,(H,20,24)(H,21,22,23). The van der Waals surface area contributed by atoms with Crippen LogP contribution in [0.2, 0.25) is 0 Å². The predicted octanol–water partition coefficient (Wildman–Crippen LogP) is 3.93. The van der Waals surface area contributed by atoms with Crippen molar-refractivity contribution in [3.05, 3.63) is 46.8 Å². The number of nitrogens with zero attached hydrogens (tertiary/aromatic N) is 2. The molecule has 5 heteroatoms. The van der Waals surface area contributed by atoms with E-state index in [0.29, 0.717) is 11.6 Å². The van der Waals surface area contributed by atoms with Gasteiger partial charge in [0, 0.05) is 17.4 Å². The fourth-order valence-electron chi connectivity index (χ4n) is 2.45. The van der Waals surface area contributed by atoms with Crippen LogP contribution in [0.15, 0.2) is 24.3 Å². The summed E-state index contributed by atoms with van der Waals surface area (Å²) in [4.78, 5) is 21.2. The van der Waals surface area contributed by atoms with Gasteiger partial charge < -0.3 is 10.6 Å². The molecule has 0 saturated carbocycles. The molecule has 0 bridgehead atoms. The maximum Gasteiger partial charge on any atom is 0.270 e. The SMILES string of the molecule is CCc1cccc(C)c1Nc1nc(C)cc(C(=O)NC(C)CC)n1. The monoisotopic (exact) mass is 326 g/mol. The highest BCUT2D eigenvalue weighted by atomic mass is 16.1. The maximum atomic E-state index is 12.3. The van der Waals surface area contributed by atoms with Crippen molar-refractivity contribution in [2.24, 2.45) is 0 Å². The number of para-hydroxylation sites is 1. The minimum absolute atomic E-state index is 0.118. The van der Waals surface area contributed by atoms with Gasteiger partial charge >= 0.3 is 0 Å². The molecule has 0 aliphatic carbocycles. The molecule has 2 aromatic rings. The van der Waals surface area contributed by atoms with Gasteiger partial charge in [-0.15, -0.1) is 0 Å². The molecule has 0 fully saturated rings. The Bertz CT molecular complexity index is 727. The lowest BCUT2D eigenvalue weighted by atomic mass is 10.1. The number of aromatic nitrogens is 2. The van der Waals surface area contributed by atoms with Crippen LogP contribution in [0.1, 0.15) is 54.5 Å². The summed E-state index contributed by atoms with van der Waals surface area (Å²) in [5.41, 5.74) is 4.49. The highest BCUT2D eigenvalue weighted by molar-refractivity contribution is 5.92. The van der Waals surface area contributed by atoms with Crippen molar-refractivity contribution >= 4 is 17.5 Å². The number of anilines is 2. The quantitative estimate of drug-likeness (QED) is 0.844. The summed E-state index contributed by atoms with van der Waals surface area (Å²) >= 11 is 0. The first-order valence-corrected chi connectivity index (χ1v) is 8.46. The summed E-state index contributed by atoms with van der Waals surface area (Å²) in [7, 11) is 0. The highest BCUT2D eigenvalue weighted by Gasteiger charge is 2.14. The summed E-state index contributed by atoms with van der Waals surface area (Å²) in [5, 5.41) is 6.23. The van der Waals surface area contributed by atoms with Crippen molar-refractivity contribution in [3.8, 4) is 0 Å². The van der Waals surface area contributed by atoms with Gasteiger partial charge in [-0.3, -0.25) is 4.79 Å². The second-order valence-electron chi connectivity index (χ2n) is 6.09. The lowest BCUT2D eigenvalue weighted by Crippen LogP contribution is -2.32. The van der Waals surface area contributed by atoms with Crippen LogP contribution in [0, 0.1) is 13.8 Å². The van der Waals surface area contributed by atoms with Crippen LogP contribution in [0.4, 0.5) is 11.6 Å². The molecule has 128 valence electrons. The van der Waals surface area contributed by atoms with Gasteiger partial charge in [-0.05, 0) is 50.8 Å². The first kappa shape index (κ1) is 17.9. The number of hydrogen-bond donors (Lipinski definition) is 2. The second-order valence-corrected chi connectivity index (χ2v) is 6.09. The van der Waals surface area contributed by atoms with Crippen LogP contribution in [0.5, 0.6) is 0 Å². The lowest BCUT2D eigenvalue weighted by Gasteiger charge is -2.15. The van der Waals surface area contributed by atoms with Gasteiger partial charge in [-0.1, -0.05) is 32.0 Å². The molecular weight excluding hydrogens is 300 g/mol. The topological polar surface area (TPSA) is 66.9 Å². The number of nitrogens with one attached hydrogen (secondary N) is 2. The number of aryl methyl sites for hydroxylation is 3. The molecule has 0 radical (unpaired) electrons. The Balaban J connectivity index is 2.31. The smallest absolute Gasteiger partial charge is 0.270 e. The average molecular weight is 326 g/mol. The highest BCUT2D eigenvalue weighted by Crippen LogP contribution is 2.24. The molecule has 1 aromatic carbocycles. The molecule has 1 atom stereocenters. The summed E-state index contributed by atoms with van der Waals surface area (Å²) in [6.07, 6.45) is 1.79. The van der Waals surface area contributed by atoms with E-state index >= 15 is 0 Å². The van der Waals surface area contributed by atoms with Crippen LogP contribution in [0.3, 0.4) is 0 Å². The number of rotatable bonds is 6. The molecule has 2 rings (SSSR count). The van der Waals surface area contributed by atoms with E-state index in [9.17, 15) is 4.79 Å². The molecule has 2 N–H and O–H groups in total. The first-order valence-electron chi connectivity index (χ1n) is 8.46. The fourth-order valence-corrected chi connectivity index (χ4v) is 2.45. The van der Waals surface area contributed by atoms with Gasteiger partial charge in [0.05, 0.1) is 0 Å². The van der Waals surface area contributed by atoms with Gasteiger partial charge in [0.1, 0.15) is 5.69 Å². The fraction of sp³-hybridized carbons (Fsp3) is 0.421. The van der Waals surface area contributed by atoms with Crippen LogP contribution in [-0.2, 0) is 6.42 Å². The number of carbonyl (C=O) groups excluding carboxylic acids is 1. The van der Waals surface area contributed by atoms with Crippen molar-refractivity contribution in [2.45, 2.75) is 53.5 Å². The molecule has 0 spiro atoms. The minimum Gasteiger partial charge on any atom is -0.348 e. The van der Waals surface area contributed by atoms with Crippen molar-refractivity contribution in [3.63, 3.8) is 0 Å². The van der Waals surface area contributed by atoms with Gasteiger partial charge in [-0.25, -0.2) is 9.97 Å². The van der Waals surface area contributed by atoms with Crippen molar-refractivity contribution < 1.29 is 4.79 Å². The van der Waals surface area contributed by atoms with Crippen LogP contribution in [0.25, 0.3) is 0 Å². The molecule has 1 aromatic heterocycles. The summed E-state index contributed by atoms with van der Waals surface area (Å²) in [6, 6.07) is 8.01. The predicted molar refractivity (Wildman–Crippen MR) is 97.8 cm³/mol. The number of carbonyl (C=O) groups is 1. The van der Waals surface area contributed by atoms with E-state index in [4.69, 9.17) is 0 Å². The van der Waals surface area contributed by atoms with Gasteiger partial charge in [0.25, 0.3) is 5.91 Å². The molecule has 0 aliphatic heterocycles. The summed E-state index contributed by atoms with van der Waals surface area (Å²) in [6.45, 7) is 10.0. The Hall–Kier alpha value is -2.43. The Morgan fingerprint density at radius 1 is 1.21 bits per heavy atom.